The van der Waals surface area contributed by atoms with E-state index in [0.29, 0.717) is 24.3 Å². The Morgan fingerprint density at radius 1 is 1.17 bits per heavy atom. The van der Waals surface area contributed by atoms with Crippen LogP contribution in [0.3, 0.4) is 0 Å². The molecule has 1 saturated heterocycles. The van der Waals surface area contributed by atoms with E-state index < -0.39 is 6.04 Å². The summed E-state index contributed by atoms with van der Waals surface area (Å²) in [5.41, 5.74) is 2.91. The van der Waals surface area contributed by atoms with Crippen LogP contribution < -0.4 is 10.1 Å². The van der Waals surface area contributed by atoms with Crippen molar-refractivity contribution >= 4 is 17.5 Å². The maximum atomic E-state index is 13.2. The smallest absolute Gasteiger partial charge is 0.254 e. The lowest BCUT2D eigenvalue weighted by atomic mass is 10.1. The van der Waals surface area contributed by atoms with Crippen LogP contribution in [0.4, 0.5) is 5.69 Å². The minimum absolute atomic E-state index is 0.162. The molecule has 4 rings (SSSR count). The molecule has 0 aliphatic carbocycles. The van der Waals surface area contributed by atoms with Crippen molar-refractivity contribution in [2.24, 2.45) is 0 Å². The molecule has 1 N–H and O–H groups in total. The molecule has 2 heterocycles. The Hall–Kier alpha value is -3.61. The molecule has 1 atom stereocenters. The number of rotatable bonds is 5. The summed E-state index contributed by atoms with van der Waals surface area (Å²) in [6, 6.07) is 14.1. The molecule has 3 aromatic rings. The van der Waals surface area contributed by atoms with Crippen LogP contribution in [-0.4, -0.2) is 46.0 Å². The number of amides is 2. The van der Waals surface area contributed by atoms with Crippen molar-refractivity contribution < 1.29 is 14.3 Å². The largest absolute Gasteiger partial charge is 0.495 e. The number of hydrogen-bond donors (Lipinski definition) is 1. The molecule has 1 aromatic heterocycles. The molecule has 0 bridgehead atoms. The third kappa shape index (κ3) is 3.91. The molecule has 2 aromatic carbocycles. The third-order valence-corrected chi connectivity index (χ3v) is 5.27. The Balaban J connectivity index is 1.55. The summed E-state index contributed by atoms with van der Waals surface area (Å²) >= 11 is 0. The number of nitrogens with one attached hydrogen (secondary N) is 1. The highest BCUT2D eigenvalue weighted by Crippen LogP contribution is 2.27. The summed E-state index contributed by atoms with van der Waals surface area (Å²) < 4.78 is 7.37. The molecule has 0 saturated carbocycles. The normalized spacial score (nSPS) is 15.8. The molecule has 1 aliphatic rings. The highest BCUT2D eigenvalue weighted by Gasteiger charge is 2.34. The predicted molar refractivity (Wildman–Crippen MR) is 114 cm³/mol. The predicted octanol–water partition coefficient (Wildman–Crippen LogP) is 3.43. The average molecular weight is 404 g/mol. The number of anilines is 1. The highest BCUT2D eigenvalue weighted by molar-refractivity contribution is 6.01. The first-order valence-corrected chi connectivity index (χ1v) is 9.92. The van der Waals surface area contributed by atoms with E-state index in [0.717, 1.165) is 23.5 Å². The van der Waals surface area contributed by atoms with Crippen LogP contribution in [0, 0.1) is 6.92 Å². The van der Waals surface area contributed by atoms with Crippen LogP contribution in [0.15, 0.2) is 61.1 Å². The van der Waals surface area contributed by atoms with Crippen LogP contribution >= 0.6 is 0 Å². The van der Waals surface area contributed by atoms with Gasteiger partial charge >= 0.3 is 0 Å². The average Bonchev–Trinajstić information content (AvgIpc) is 3.43. The first kappa shape index (κ1) is 19.7. The molecule has 7 nitrogen and oxygen atoms in total. The van der Waals surface area contributed by atoms with Crippen LogP contribution in [0.2, 0.25) is 0 Å². The molecule has 154 valence electrons. The van der Waals surface area contributed by atoms with Gasteiger partial charge in [0.05, 0.1) is 24.8 Å². The van der Waals surface area contributed by atoms with Gasteiger partial charge < -0.3 is 19.5 Å². The van der Waals surface area contributed by atoms with Crippen molar-refractivity contribution in [2.45, 2.75) is 25.8 Å². The van der Waals surface area contributed by atoms with Crippen molar-refractivity contribution in [2.75, 3.05) is 19.0 Å². The van der Waals surface area contributed by atoms with Gasteiger partial charge in [0.2, 0.25) is 5.91 Å². The summed E-state index contributed by atoms with van der Waals surface area (Å²) in [6.45, 7) is 2.46. The number of hydrogen-bond acceptors (Lipinski definition) is 4. The molecular formula is C23H24N4O3. The van der Waals surface area contributed by atoms with E-state index in [4.69, 9.17) is 4.74 Å². The standard InChI is InChI=1S/C23H24N4O3/c1-16-14-26(15-24-16)19-11-10-17(13-21(19)30-2)23(29)27-12-6-9-20(27)22(28)25-18-7-4-3-5-8-18/h3-5,7-8,10-11,13-15,20H,6,9,12H2,1-2H3,(H,25,28)/t20-/m0/s1. The lowest BCUT2D eigenvalue weighted by Gasteiger charge is -2.24. The first-order valence-electron chi connectivity index (χ1n) is 9.92. The van der Waals surface area contributed by atoms with E-state index in [9.17, 15) is 9.59 Å². The number of carbonyl (C=O) groups is 2. The van der Waals surface area contributed by atoms with Gasteiger partial charge in [0.25, 0.3) is 5.91 Å². The Morgan fingerprint density at radius 3 is 2.67 bits per heavy atom. The number of ether oxygens (including phenoxy) is 1. The molecule has 2 amide bonds. The van der Waals surface area contributed by atoms with Gasteiger partial charge in [-0.1, -0.05) is 18.2 Å². The van der Waals surface area contributed by atoms with Gasteiger partial charge in [0.1, 0.15) is 11.8 Å². The minimum atomic E-state index is -0.486. The quantitative estimate of drug-likeness (QED) is 0.707. The van der Waals surface area contributed by atoms with Gasteiger partial charge in [0, 0.05) is 24.0 Å². The number of aromatic nitrogens is 2. The molecule has 0 unspecified atom stereocenters. The fourth-order valence-corrected chi connectivity index (χ4v) is 3.77. The number of likely N-dealkylation sites (tertiary alicyclic amines) is 1. The second kappa shape index (κ2) is 8.41. The molecule has 30 heavy (non-hydrogen) atoms. The third-order valence-electron chi connectivity index (χ3n) is 5.27. The second-order valence-electron chi connectivity index (χ2n) is 7.32. The second-order valence-corrected chi connectivity index (χ2v) is 7.32. The van der Waals surface area contributed by atoms with Crippen molar-refractivity contribution in [1.29, 1.82) is 0 Å². The summed E-state index contributed by atoms with van der Waals surface area (Å²) in [5, 5.41) is 2.91. The van der Waals surface area contributed by atoms with E-state index in [1.165, 1.54) is 0 Å². The van der Waals surface area contributed by atoms with Crippen molar-refractivity contribution in [1.82, 2.24) is 14.5 Å². The molecule has 0 radical (unpaired) electrons. The van der Waals surface area contributed by atoms with E-state index in [1.807, 2.05) is 54.1 Å². The number of carbonyl (C=O) groups excluding carboxylic acids is 2. The highest BCUT2D eigenvalue weighted by atomic mass is 16.5. The van der Waals surface area contributed by atoms with Gasteiger partial charge in [-0.2, -0.15) is 0 Å². The SMILES string of the molecule is COc1cc(C(=O)N2CCC[C@H]2C(=O)Nc2ccccc2)ccc1-n1cnc(C)c1. The zero-order valence-corrected chi connectivity index (χ0v) is 17.0. The number of methoxy groups -OCH3 is 1. The van der Waals surface area contributed by atoms with Gasteiger partial charge in [0.15, 0.2) is 0 Å². The van der Waals surface area contributed by atoms with Gasteiger partial charge in [-0.15, -0.1) is 0 Å². The summed E-state index contributed by atoms with van der Waals surface area (Å²) in [6.07, 6.45) is 5.04. The maximum Gasteiger partial charge on any atom is 0.254 e. The minimum Gasteiger partial charge on any atom is -0.495 e. The van der Waals surface area contributed by atoms with Gasteiger partial charge in [-0.25, -0.2) is 4.98 Å². The van der Waals surface area contributed by atoms with E-state index >= 15 is 0 Å². The van der Waals surface area contributed by atoms with E-state index in [-0.39, 0.29) is 11.8 Å². The summed E-state index contributed by atoms with van der Waals surface area (Å²) in [4.78, 5) is 31.9. The zero-order valence-electron chi connectivity index (χ0n) is 17.0. The van der Waals surface area contributed by atoms with E-state index in [2.05, 4.69) is 10.3 Å². The van der Waals surface area contributed by atoms with Crippen molar-refractivity contribution in [3.05, 3.63) is 72.3 Å². The fraction of sp³-hybridized carbons (Fsp3) is 0.261. The fourth-order valence-electron chi connectivity index (χ4n) is 3.77. The van der Waals surface area contributed by atoms with Crippen LogP contribution in [0.1, 0.15) is 28.9 Å². The van der Waals surface area contributed by atoms with Crippen LogP contribution in [0.5, 0.6) is 5.75 Å². The Kier molecular flexibility index (Phi) is 5.52. The monoisotopic (exact) mass is 404 g/mol. The molecule has 1 aliphatic heterocycles. The number of benzene rings is 2. The molecular weight excluding hydrogens is 380 g/mol. The maximum absolute atomic E-state index is 13.2. The lowest BCUT2D eigenvalue weighted by Crippen LogP contribution is -2.43. The van der Waals surface area contributed by atoms with E-state index in [1.54, 1.807) is 30.5 Å². The lowest BCUT2D eigenvalue weighted by molar-refractivity contribution is -0.119. The number of para-hydroxylation sites is 1. The van der Waals surface area contributed by atoms with Crippen LogP contribution in [0.25, 0.3) is 5.69 Å². The molecule has 1 fully saturated rings. The number of imidazole rings is 1. The zero-order chi connectivity index (χ0) is 21.1. The van der Waals surface area contributed by atoms with Crippen molar-refractivity contribution in [3.63, 3.8) is 0 Å². The summed E-state index contributed by atoms with van der Waals surface area (Å²) in [7, 11) is 1.57. The van der Waals surface area contributed by atoms with Gasteiger partial charge in [-0.3, -0.25) is 9.59 Å². The molecule has 0 spiro atoms. The first-order chi connectivity index (χ1) is 14.6. The topological polar surface area (TPSA) is 76.5 Å². The molecule has 7 heteroatoms. The van der Waals surface area contributed by atoms with Crippen LogP contribution in [-0.2, 0) is 4.79 Å². The number of nitrogens with zero attached hydrogens (tertiary/aromatic N) is 3. The Labute approximate surface area is 175 Å². The Morgan fingerprint density at radius 2 is 1.97 bits per heavy atom. The van der Waals surface area contributed by atoms with Crippen molar-refractivity contribution in [3.8, 4) is 11.4 Å². The summed E-state index contributed by atoms with van der Waals surface area (Å²) in [5.74, 6) is 0.236. The Bertz CT molecular complexity index is 1060. The van der Waals surface area contributed by atoms with Gasteiger partial charge in [-0.05, 0) is 50.1 Å². The number of aryl methyl sites for hydroxylation is 1.